The van der Waals surface area contributed by atoms with Gasteiger partial charge in [0, 0.05) is 13.5 Å². The predicted octanol–water partition coefficient (Wildman–Crippen LogP) is 0.270. The third kappa shape index (κ3) is 107. The highest BCUT2D eigenvalue weighted by atomic mass is 16.2. The van der Waals surface area contributed by atoms with Crippen molar-refractivity contribution in [3.63, 3.8) is 0 Å². The summed E-state index contributed by atoms with van der Waals surface area (Å²) in [4.78, 5) is 9.22. The Morgan fingerprint density at radius 1 is 1.67 bits per heavy atom. The molecule has 0 saturated heterocycles. The number of nitrogens with two attached hydrogens (primary N) is 1. The number of carbonyl (C=O) groups excluding carboxylic acids is 1. The summed E-state index contributed by atoms with van der Waals surface area (Å²) in [6.07, 6.45) is 2.04. The van der Waals surface area contributed by atoms with Crippen molar-refractivity contribution >= 4 is 5.91 Å². The molecular formula is C6H15NO2. The summed E-state index contributed by atoms with van der Waals surface area (Å²) < 4.78 is 0. The molecule has 0 atom stereocenters. The van der Waals surface area contributed by atoms with E-state index in [2.05, 4.69) is 12.7 Å². The summed E-state index contributed by atoms with van der Waals surface area (Å²) in [5, 5.41) is 8.07. The molecule has 3 heteroatoms. The molecule has 0 heterocycles. The number of hydrogen-bond donors (Lipinski definition) is 2. The van der Waals surface area contributed by atoms with Crippen molar-refractivity contribution in [3.8, 4) is 0 Å². The Kier molecular flexibility index (Phi) is 13.0. The standard InChI is InChI=1S/C4H10O.C2H5NO/c1-2-3-4-5;1-2(3)4/h5H,2-4H2,1H3;1H3,(H2,3,4). The van der Waals surface area contributed by atoms with Crippen LogP contribution in [0.4, 0.5) is 0 Å². The topological polar surface area (TPSA) is 63.3 Å². The van der Waals surface area contributed by atoms with Crippen LogP contribution in [0.1, 0.15) is 26.7 Å². The summed E-state index contributed by atoms with van der Waals surface area (Å²) in [7, 11) is 0. The quantitative estimate of drug-likeness (QED) is 0.568. The first kappa shape index (κ1) is 11.3. The largest absolute Gasteiger partial charge is 0.396 e. The minimum absolute atomic E-state index is 0.333. The van der Waals surface area contributed by atoms with E-state index >= 15 is 0 Å². The van der Waals surface area contributed by atoms with Gasteiger partial charge in [-0.05, 0) is 6.42 Å². The van der Waals surface area contributed by atoms with Gasteiger partial charge in [0.25, 0.3) is 0 Å². The van der Waals surface area contributed by atoms with Gasteiger partial charge in [-0.2, -0.15) is 0 Å². The Morgan fingerprint density at radius 2 is 2.00 bits per heavy atom. The molecule has 9 heavy (non-hydrogen) atoms. The molecule has 0 fully saturated rings. The zero-order chi connectivity index (χ0) is 7.70. The van der Waals surface area contributed by atoms with Gasteiger partial charge in [-0.1, -0.05) is 13.3 Å². The van der Waals surface area contributed by atoms with Crippen LogP contribution in [-0.2, 0) is 4.79 Å². The maximum Gasteiger partial charge on any atom is 0.214 e. The van der Waals surface area contributed by atoms with Crippen LogP contribution in [-0.4, -0.2) is 17.6 Å². The highest BCUT2D eigenvalue weighted by molar-refractivity contribution is 5.70. The lowest BCUT2D eigenvalue weighted by Gasteiger charge is -1.79. The molecule has 0 rings (SSSR count). The fraction of sp³-hybridized carbons (Fsp3) is 0.833. The lowest BCUT2D eigenvalue weighted by Crippen LogP contribution is -2.01. The Hall–Kier alpha value is -0.570. The van der Waals surface area contributed by atoms with Crippen molar-refractivity contribution in [1.29, 1.82) is 0 Å². The van der Waals surface area contributed by atoms with Crippen molar-refractivity contribution < 1.29 is 9.90 Å². The SMILES string of the molecule is CC(N)=O.CCCCO. The van der Waals surface area contributed by atoms with E-state index < -0.39 is 0 Å². The van der Waals surface area contributed by atoms with E-state index in [1.807, 2.05) is 0 Å². The highest BCUT2D eigenvalue weighted by Crippen LogP contribution is 1.78. The lowest BCUT2D eigenvalue weighted by atomic mass is 10.4. The molecule has 0 aliphatic rings. The number of aliphatic hydroxyl groups excluding tert-OH is 1. The van der Waals surface area contributed by atoms with E-state index in [0.717, 1.165) is 12.8 Å². The summed E-state index contributed by atoms with van der Waals surface area (Å²) in [6, 6.07) is 0. The van der Waals surface area contributed by atoms with Crippen LogP contribution in [0.2, 0.25) is 0 Å². The molecule has 3 N–H and O–H groups in total. The van der Waals surface area contributed by atoms with Crippen molar-refractivity contribution in [3.05, 3.63) is 0 Å². The fourth-order valence-electron chi connectivity index (χ4n) is 0.158. The van der Waals surface area contributed by atoms with Gasteiger partial charge in [-0.3, -0.25) is 4.79 Å². The maximum atomic E-state index is 9.22. The van der Waals surface area contributed by atoms with Gasteiger partial charge < -0.3 is 10.8 Å². The molecule has 0 saturated carbocycles. The number of carbonyl (C=O) groups is 1. The first-order chi connectivity index (χ1) is 4.15. The molecule has 3 nitrogen and oxygen atoms in total. The van der Waals surface area contributed by atoms with Crippen molar-refractivity contribution in [1.82, 2.24) is 0 Å². The second kappa shape index (κ2) is 10.4. The summed E-state index contributed by atoms with van der Waals surface area (Å²) in [5.41, 5.74) is 4.47. The van der Waals surface area contributed by atoms with Crippen molar-refractivity contribution in [2.45, 2.75) is 26.7 Å². The summed E-state index contributed by atoms with van der Waals surface area (Å²) in [6.45, 7) is 3.70. The van der Waals surface area contributed by atoms with Crippen LogP contribution in [0.3, 0.4) is 0 Å². The lowest BCUT2D eigenvalue weighted by molar-refractivity contribution is -0.115. The number of rotatable bonds is 2. The van der Waals surface area contributed by atoms with E-state index in [1.54, 1.807) is 0 Å². The molecule has 0 aliphatic carbocycles. The average Bonchev–Trinajstić information content (AvgIpc) is 1.66. The third-order valence-corrected chi connectivity index (χ3v) is 0.512. The highest BCUT2D eigenvalue weighted by Gasteiger charge is 1.69. The van der Waals surface area contributed by atoms with Crippen LogP contribution >= 0.6 is 0 Å². The van der Waals surface area contributed by atoms with E-state index in [4.69, 9.17) is 5.11 Å². The van der Waals surface area contributed by atoms with Gasteiger partial charge in [-0.25, -0.2) is 0 Å². The molecular weight excluding hydrogens is 118 g/mol. The normalized spacial score (nSPS) is 7.44. The van der Waals surface area contributed by atoms with Gasteiger partial charge in [0.2, 0.25) is 5.91 Å². The average molecular weight is 133 g/mol. The Balaban J connectivity index is 0. The first-order valence-corrected chi connectivity index (χ1v) is 3.02. The van der Waals surface area contributed by atoms with Gasteiger partial charge in [0.1, 0.15) is 0 Å². The molecule has 0 aromatic rings. The molecule has 56 valence electrons. The zero-order valence-corrected chi connectivity index (χ0v) is 6.05. The molecule has 0 unspecified atom stereocenters. The molecule has 1 amide bonds. The van der Waals surface area contributed by atoms with E-state index in [0.29, 0.717) is 6.61 Å². The Labute approximate surface area is 55.9 Å². The van der Waals surface area contributed by atoms with Crippen LogP contribution in [0.25, 0.3) is 0 Å². The molecule has 0 bridgehead atoms. The third-order valence-electron chi connectivity index (χ3n) is 0.512. The van der Waals surface area contributed by atoms with Crippen LogP contribution in [0.5, 0.6) is 0 Å². The number of hydrogen-bond acceptors (Lipinski definition) is 2. The van der Waals surface area contributed by atoms with Gasteiger partial charge in [-0.15, -0.1) is 0 Å². The minimum atomic E-state index is -0.333. The number of unbranched alkanes of at least 4 members (excludes halogenated alkanes) is 1. The van der Waals surface area contributed by atoms with Crippen molar-refractivity contribution in [2.75, 3.05) is 6.61 Å². The number of aliphatic hydroxyl groups is 1. The Bertz CT molecular complexity index is 58.1. The fourth-order valence-corrected chi connectivity index (χ4v) is 0.158. The molecule has 0 aromatic heterocycles. The van der Waals surface area contributed by atoms with E-state index in [9.17, 15) is 4.79 Å². The smallest absolute Gasteiger partial charge is 0.214 e. The van der Waals surface area contributed by atoms with Gasteiger partial charge in [0.15, 0.2) is 0 Å². The summed E-state index contributed by atoms with van der Waals surface area (Å²) in [5.74, 6) is -0.333. The molecule has 0 radical (unpaired) electrons. The maximum absolute atomic E-state index is 9.22. The molecule has 0 aromatic carbocycles. The minimum Gasteiger partial charge on any atom is -0.396 e. The van der Waals surface area contributed by atoms with E-state index in [-0.39, 0.29) is 5.91 Å². The van der Waals surface area contributed by atoms with Gasteiger partial charge >= 0.3 is 0 Å². The summed E-state index contributed by atoms with van der Waals surface area (Å²) >= 11 is 0. The molecule has 0 spiro atoms. The van der Waals surface area contributed by atoms with Crippen LogP contribution < -0.4 is 5.73 Å². The van der Waals surface area contributed by atoms with Crippen LogP contribution in [0, 0.1) is 0 Å². The predicted molar refractivity (Wildman–Crippen MR) is 36.9 cm³/mol. The Morgan fingerprint density at radius 3 is 2.00 bits per heavy atom. The van der Waals surface area contributed by atoms with Crippen LogP contribution in [0.15, 0.2) is 0 Å². The van der Waals surface area contributed by atoms with Gasteiger partial charge in [0.05, 0.1) is 0 Å². The van der Waals surface area contributed by atoms with Crippen molar-refractivity contribution in [2.24, 2.45) is 5.73 Å². The first-order valence-electron chi connectivity index (χ1n) is 3.02. The number of primary amides is 1. The monoisotopic (exact) mass is 133 g/mol. The molecule has 0 aliphatic heterocycles. The van der Waals surface area contributed by atoms with E-state index in [1.165, 1.54) is 6.92 Å². The second-order valence-corrected chi connectivity index (χ2v) is 1.69. The number of amides is 1. The second-order valence-electron chi connectivity index (χ2n) is 1.69. The zero-order valence-electron chi connectivity index (χ0n) is 6.05.